The van der Waals surface area contributed by atoms with Gasteiger partial charge in [-0.2, -0.15) is 0 Å². The number of ether oxygens (including phenoxy) is 3. The van der Waals surface area contributed by atoms with Crippen molar-refractivity contribution in [2.45, 2.75) is 19.6 Å². The first-order chi connectivity index (χ1) is 19.0. The summed E-state index contributed by atoms with van der Waals surface area (Å²) in [5, 5.41) is 2.89. The molecule has 1 saturated heterocycles. The van der Waals surface area contributed by atoms with Gasteiger partial charge in [0, 0.05) is 37.9 Å². The molecule has 2 heterocycles. The Labute approximate surface area is 228 Å². The van der Waals surface area contributed by atoms with Gasteiger partial charge in [0.15, 0.2) is 6.10 Å². The van der Waals surface area contributed by atoms with E-state index in [1.165, 1.54) is 6.08 Å². The number of benzene rings is 3. The van der Waals surface area contributed by atoms with Crippen molar-refractivity contribution in [3.63, 3.8) is 0 Å². The van der Waals surface area contributed by atoms with Crippen LogP contribution in [0.25, 0.3) is 6.08 Å². The second-order valence-corrected chi connectivity index (χ2v) is 9.55. The van der Waals surface area contributed by atoms with Gasteiger partial charge in [0.05, 0.1) is 18.9 Å². The van der Waals surface area contributed by atoms with E-state index in [-0.39, 0.29) is 11.8 Å². The number of morpholine rings is 1. The van der Waals surface area contributed by atoms with Crippen LogP contribution in [0.4, 0.5) is 11.4 Å². The number of carbonyl (C=O) groups excluding carboxylic acids is 2. The Morgan fingerprint density at radius 2 is 1.79 bits per heavy atom. The van der Waals surface area contributed by atoms with Crippen LogP contribution in [0.2, 0.25) is 0 Å². The Bertz CT molecular complexity index is 1300. The zero-order chi connectivity index (χ0) is 27.0. The lowest BCUT2D eigenvalue weighted by Gasteiger charge is -2.35. The van der Waals surface area contributed by atoms with Crippen molar-refractivity contribution >= 4 is 29.3 Å². The highest BCUT2D eigenvalue weighted by Crippen LogP contribution is 2.36. The van der Waals surface area contributed by atoms with E-state index in [0.29, 0.717) is 43.5 Å². The van der Waals surface area contributed by atoms with Gasteiger partial charge in [-0.05, 0) is 54.5 Å². The largest absolute Gasteiger partial charge is 0.489 e. The number of hydrogen-bond donors (Lipinski definition) is 1. The van der Waals surface area contributed by atoms with Gasteiger partial charge in [-0.25, -0.2) is 0 Å². The van der Waals surface area contributed by atoms with E-state index in [1.807, 2.05) is 54.6 Å². The van der Waals surface area contributed by atoms with Gasteiger partial charge in [-0.15, -0.1) is 0 Å². The van der Waals surface area contributed by atoms with E-state index >= 15 is 0 Å². The van der Waals surface area contributed by atoms with Crippen LogP contribution in [0, 0.1) is 0 Å². The number of anilines is 2. The Morgan fingerprint density at radius 3 is 2.56 bits per heavy atom. The fourth-order valence-electron chi connectivity index (χ4n) is 4.55. The number of carbonyl (C=O) groups is 2. The molecule has 5 rings (SSSR count). The molecular formula is C31H33N3O5. The van der Waals surface area contributed by atoms with Crippen LogP contribution >= 0.6 is 0 Å². The molecule has 1 N–H and O–H groups in total. The van der Waals surface area contributed by atoms with Crippen LogP contribution in [0.15, 0.2) is 78.9 Å². The minimum absolute atomic E-state index is 0.0877. The highest BCUT2D eigenvalue weighted by atomic mass is 16.5. The van der Waals surface area contributed by atoms with Crippen LogP contribution in [-0.4, -0.2) is 62.2 Å². The highest BCUT2D eigenvalue weighted by molar-refractivity contribution is 6.04. The smallest absolute Gasteiger partial charge is 0.267 e. The predicted molar refractivity (Wildman–Crippen MR) is 151 cm³/mol. The molecule has 0 radical (unpaired) electrons. The monoisotopic (exact) mass is 527 g/mol. The van der Waals surface area contributed by atoms with E-state index in [0.717, 1.165) is 36.5 Å². The summed E-state index contributed by atoms with van der Waals surface area (Å²) in [6.45, 7) is 6.67. The zero-order valence-electron chi connectivity index (χ0n) is 22.0. The third kappa shape index (κ3) is 7.04. The van der Waals surface area contributed by atoms with Gasteiger partial charge in [0.2, 0.25) is 5.91 Å². The molecule has 2 aliphatic rings. The molecule has 2 amide bonds. The molecule has 1 unspecified atom stereocenters. The van der Waals surface area contributed by atoms with Gasteiger partial charge < -0.3 is 24.4 Å². The summed E-state index contributed by atoms with van der Waals surface area (Å²) >= 11 is 0. The minimum atomic E-state index is -0.555. The van der Waals surface area contributed by atoms with Crippen molar-refractivity contribution in [1.82, 2.24) is 4.90 Å². The van der Waals surface area contributed by atoms with Crippen LogP contribution in [0.1, 0.15) is 18.1 Å². The molecule has 3 aromatic carbocycles. The van der Waals surface area contributed by atoms with E-state index in [4.69, 9.17) is 14.2 Å². The van der Waals surface area contributed by atoms with Crippen LogP contribution in [0.5, 0.6) is 11.5 Å². The molecule has 0 aliphatic carbocycles. The number of rotatable bonds is 9. The minimum Gasteiger partial charge on any atom is -0.489 e. The van der Waals surface area contributed by atoms with E-state index in [2.05, 4.69) is 10.2 Å². The average Bonchev–Trinajstić information content (AvgIpc) is 2.97. The van der Waals surface area contributed by atoms with Crippen molar-refractivity contribution in [1.29, 1.82) is 0 Å². The molecule has 3 aromatic rings. The molecule has 8 nitrogen and oxygen atoms in total. The number of fused-ring (bicyclic) bond motifs is 1. The highest BCUT2D eigenvalue weighted by Gasteiger charge is 2.32. The lowest BCUT2D eigenvalue weighted by molar-refractivity contribution is -0.125. The Balaban J connectivity index is 1.19. The molecule has 1 atom stereocenters. The van der Waals surface area contributed by atoms with Crippen LogP contribution in [-0.2, 0) is 20.9 Å². The Morgan fingerprint density at radius 1 is 1.03 bits per heavy atom. The van der Waals surface area contributed by atoms with Gasteiger partial charge in [-0.1, -0.05) is 42.5 Å². The van der Waals surface area contributed by atoms with Gasteiger partial charge >= 0.3 is 0 Å². The third-order valence-electron chi connectivity index (χ3n) is 6.73. The molecule has 202 valence electrons. The fourth-order valence-corrected chi connectivity index (χ4v) is 4.55. The normalized spacial score (nSPS) is 17.5. The van der Waals surface area contributed by atoms with Gasteiger partial charge in [0.25, 0.3) is 5.91 Å². The maximum atomic E-state index is 12.9. The van der Waals surface area contributed by atoms with Crippen molar-refractivity contribution in [3.05, 3.63) is 90.0 Å². The summed E-state index contributed by atoms with van der Waals surface area (Å²) in [6.07, 6.45) is 2.68. The summed E-state index contributed by atoms with van der Waals surface area (Å²) in [6, 6.07) is 22.9. The summed E-state index contributed by atoms with van der Waals surface area (Å²) in [7, 11) is 0. The molecule has 1 fully saturated rings. The maximum Gasteiger partial charge on any atom is 0.267 e. The standard InChI is InChI=1S/C31H33N3O5/c1-23-31(36)34(16-15-33-17-19-37-20-18-33)28-21-26(10-13-29(28)39-23)32-30(35)14-9-24-7-11-27(12-8-24)38-22-25-5-3-2-4-6-25/h2-14,21,23H,15-20,22H2,1H3,(H,32,35)/b14-9+. The first-order valence-electron chi connectivity index (χ1n) is 13.2. The molecule has 0 aromatic heterocycles. The molecule has 0 saturated carbocycles. The number of amides is 2. The van der Waals surface area contributed by atoms with Crippen molar-refractivity contribution in [2.75, 3.05) is 49.6 Å². The van der Waals surface area contributed by atoms with Crippen LogP contribution < -0.4 is 19.7 Å². The van der Waals surface area contributed by atoms with E-state index < -0.39 is 6.10 Å². The zero-order valence-corrected chi connectivity index (χ0v) is 22.0. The van der Waals surface area contributed by atoms with Gasteiger partial charge in [-0.3, -0.25) is 14.5 Å². The fraction of sp³-hybridized carbons (Fsp3) is 0.290. The van der Waals surface area contributed by atoms with Gasteiger partial charge in [0.1, 0.15) is 18.1 Å². The van der Waals surface area contributed by atoms with Crippen LogP contribution in [0.3, 0.4) is 0 Å². The van der Waals surface area contributed by atoms with Crippen molar-refractivity contribution in [3.8, 4) is 11.5 Å². The number of hydrogen-bond acceptors (Lipinski definition) is 6. The summed E-state index contributed by atoms with van der Waals surface area (Å²) in [5.41, 5.74) is 3.24. The Kier molecular flexibility index (Phi) is 8.55. The maximum absolute atomic E-state index is 12.9. The first kappa shape index (κ1) is 26.5. The van der Waals surface area contributed by atoms with Crippen molar-refractivity contribution < 1.29 is 23.8 Å². The van der Waals surface area contributed by atoms with E-state index in [1.54, 1.807) is 36.1 Å². The molecule has 8 heteroatoms. The molecular weight excluding hydrogens is 494 g/mol. The molecule has 0 spiro atoms. The quantitative estimate of drug-likeness (QED) is 0.417. The summed E-state index contributed by atoms with van der Waals surface area (Å²) in [5.74, 6) is 1.04. The molecule has 39 heavy (non-hydrogen) atoms. The average molecular weight is 528 g/mol. The topological polar surface area (TPSA) is 80.3 Å². The Hall–Kier alpha value is -4.14. The SMILES string of the molecule is CC1Oc2ccc(NC(=O)/C=C/c3ccc(OCc4ccccc4)cc3)cc2N(CCN2CCOCC2)C1=O. The lowest BCUT2D eigenvalue weighted by Crippen LogP contribution is -2.48. The lowest BCUT2D eigenvalue weighted by atomic mass is 10.1. The molecule has 2 aliphatic heterocycles. The summed E-state index contributed by atoms with van der Waals surface area (Å²) < 4.78 is 17.1. The predicted octanol–water partition coefficient (Wildman–Crippen LogP) is 4.36. The molecule has 0 bridgehead atoms. The number of nitrogens with zero attached hydrogens (tertiary/aromatic N) is 2. The van der Waals surface area contributed by atoms with E-state index in [9.17, 15) is 9.59 Å². The van der Waals surface area contributed by atoms with Crippen molar-refractivity contribution in [2.24, 2.45) is 0 Å². The second kappa shape index (κ2) is 12.6. The first-order valence-corrected chi connectivity index (χ1v) is 13.2. The number of nitrogens with one attached hydrogen (secondary N) is 1. The summed E-state index contributed by atoms with van der Waals surface area (Å²) in [4.78, 5) is 29.6. The second-order valence-electron chi connectivity index (χ2n) is 9.55. The third-order valence-corrected chi connectivity index (χ3v) is 6.73.